The first-order valence-corrected chi connectivity index (χ1v) is 8.54. The summed E-state index contributed by atoms with van der Waals surface area (Å²) >= 11 is 0.0808. The molecule has 1 N–H and O–H groups in total. The van der Waals surface area contributed by atoms with Crippen LogP contribution in [0, 0.1) is 0 Å². The molecular weight excluding hydrogens is 323 g/mol. The van der Waals surface area contributed by atoms with E-state index in [2.05, 4.69) is 9.71 Å². The molecule has 1 aromatic carbocycles. The van der Waals surface area contributed by atoms with Crippen LogP contribution in [0.3, 0.4) is 0 Å². The number of rotatable bonds is 4. The van der Waals surface area contributed by atoms with E-state index >= 15 is 0 Å². The first-order chi connectivity index (χ1) is 8.12. The number of benzene rings is 1. The first kappa shape index (κ1) is 12.4. The van der Waals surface area contributed by atoms with Crippen LogP contribution in [0.25, 0.3) is 0 Å². The number of hydrogen-bond acceptors (Lipinski definition) is 5. The fraction of sp³-hybridized carbons (Fsp3) is 0. The number of anilines is 1. The fourth-order valence-electron chi connectivity index (χ4n) is 1.13. The number of aromatic nitrogens is 1. The van der Waals surface area contributed by atoms with Gasteiger partial charge in [-0.1, -0.05) is 0 Å². The predicted octanol–water partition coefficient (Wildman–Crippen LogP) is 0.619. The van der Waals surface area contributed by atoms with Gasteiger partial charge in [0.2, 0.25) is 0 Å². The van der Waals surface area contributed by atoms with Gasteiger partial charge in [-0.05, 0) is 0 Å². The minimum atomic E-state index is -3.60. The molecule has 0 saturated heterocycles. The molecule has 1 aromatic heterocycles. The fourth-order valence-corrected chi connectivity index (χ4v) is 3.49. The minimum absolute atomic E-state index is 0.131. The summed E-state index contributed by atoms with van der Waals surface area (Å²) in [5.74, 6) is 0. The van der Waals surface area contributed by atoms with Gasteiger partial charge < -0.3 is 0 Å². The second-order valence-corrected chi connectivity index (χ2v) is 7.07. The maximum absolute atomic E-state index is 11.9. The Bertz CT molecular complexity index is 608. The van der Waals surface area contributed by atoms with Crippen LogP contribution < -0.4 is 9.07 Å². The quantitative estimate of drug-likeness (QED) is 0.834. The summed E-state index contributed by atoms with van der Waals surface area (Å²) in [6.45, 7) is 0. The molecule has 0 radical (unpaired) electrons. The molecule has 0 aliphatic rings. The molecule has 2 rings (SSSR count). The van der Waals surface area contributed by atoms with Gasteiger partial charge in [-0.3, -0.25) is 0 Å². The molecule has 0 saturated carbocycles. The Morgan fingerprint density at radius 1 is 1.24 bits per heavy atom. The molecule has 0 unspecified atom stereocenters. The molecule has 0 fully saturated rings. The first-order valence-electron chi connectivity index (χ1n) is 4.47. The Morgan fingerprint density at radius 2 is 1.94 bits per heavy atom. The van der Waals surface area contributed by atoms with E-state index < -0.39 is 25.7 Å². The molecule has 0 spiro atoms. The van der Waals surface area contributed by atoms with Gasteiger partial charge in [-0.2, -0.15) is 0 Å². The Balaban J connectivity index is 2.28. The normalized spacial score (nSPS) is 11.5. The SMILES string of the molecule is O=[As]c1ccc(S(=O)(=O)Nc2nccs2)cc1. The van der Waals surface area contributed by atoms with E-state index in [1.165, 1.54) is 29.7 Å². The monoisotopic (exact) mass is 330 g/mol. The summed E-state index contributed by atoms with van der Waals surface area (Å²) < 4.78 is 37.4. The van der Waals surface area contributed by atoms with Crippen LogP contribution in [0.5, 0.6) is 0 Å². The predicted molar refractivity (Wildman–Crippen MR) is 65.4 cm³/mol. The van der Waals surface area contributed by atoms with Crippen LogP contribution in [0.1, 0.15) is 0 Å². The van der Waals surface area contributed by atoms with Crippen molar-refractivity contribution in [2.24, 2.45) is 0 Å². The van der Waals surface area contributed by atoms with Crippen molar-refractivity contribution in [3.63, 3.8) is 0 Å². The number of nitrogens with zero attached hydrogens (tertiary/aromatic N) is 1. The zero-order chi connectivity index (χ0) is 12.3. The average Bonchev–Trinajstić information content (AvgIpc) is 2.81. The number of sulfonamides is 1. The van der Waals surface area contributed by atoms with Crippen molar-refractivity contribution in [3.8, 4) is 0 Å². The average molecular weight is 330 g/mol. The number of thiazole rings is 1. The van der Waals surface area contributed by atoms with Crippen molar-refractivity contribution >= 4 is 46.5 Å². The van der Waals surface area contributed by atoms with E-state index in [1.54, 1.807) is 17.5 Å². The Kier molecular flexibility index (Phi) is 3.71. The van der Waals surface area contributed by atoms with E-state index in [0.717, 1.165) is 0 Å². The van der Waals surface area contributed by atoms with Crippen molar-refractivity contribution in [3.05, 3.63) is 35.8 Å². The van der Waals surface area contributed by atoms with Crippen molar-refractivity contribution in [2.75, 3.05) is 4.72 Å². The molecule has 88 valence electrons. The van der Waals surface area contributed by atoms with Crippen molar-refractivity contribution in [2.45, 2.75) is 4.90 Å². The zero-order valence-corrected chi connectivity index (χ0v) is 11.9. The van der Waals surface area contributed by atoms with Gasteiger partial charge in [0.05, 0.1) is 0 Å². The summed E-state index contributed by atoms with van der Waals surface area (Å²) in [6, 6.07) is 5.95. The summed E-state index contributed by atoms with van der Waals surface area (Å²) in [4.78, 5) is 3.97. The van der Waals surface area contributed by atoms with Crippen LogP contribution in [-0.2, 0) is 13.8 Å². The van der Waals surface area contributed by atoms with E-state index in [9.17, 15) is 12.2 Å². The Morgan fingerprint density at radius 3 is 2.47 bits per heavy atom. The molecular formula is C9H7AsN2O3S2. The molecule has 17 heavy (non-hydrogen) atoms. The van der Waals surface area contributed by atoms with Gasteiger partial charge in [0, 0.05) is 0 Å². The second-order valence-electron chi connectivity index (χ2n) is 3.03. The van der Waals surface area contributed by atoms with E-state index in [-0.39, 0.29) is 4.90 Å². The molecule has 0 amide bonds. The summed E-state index contributed by atoms with van der Waals surface area (Å²) in [5.41, 5.74) is 0. The van der Waals surface area contributed by atoms with E-state index in [1.807, 2.05) is 0 Å². The van der Waals surface area contributed by atoms with E-state index in [0.29, 0.717) is 9.48 Å². The van der Waals surface area contributed by atoms with Crippen molar-refractivity contribution in [1.29, 1.82) is 0 Å². The Labute approximate surface area is 109 Å². The van der Waals surface area contributed by atoms with E-state index in [4.69, 9.17) is 0 Å². The van der Waals surface area contributed by atoms with Crippen LogP contribution in [0.15, 0.2) is 40.7 Å². The zero-order valence-electron chi connectivity index (χ0n) is 8.40. The van der Waals surface area contributed by atoms with Crippen molar-refractivity contribution < 1.29 is 12.2 Å². The van der Waals surface area contributed by atoms with Gasteiger partial charge in [0.25, 0.3) is 0 Å². The van der Waals surface area contributed by atoms with Crippen molar-refractivity contribution in [1.82, 2.24) is 4.98 Å². The van der Waals surface area contributed by atoms with Gasteiger partial charge in [0.15, 0.2) is 0 Å². The third-order valence-electron chi connectivity index (χ3n) is 1.91. The molecule has 0 aliphatic heterocycles. The number of hydrogen-bond donors (Lipinski definition) is 1. The third kappa shape index (κ3) is 3.00. The van der Waals surface area contributed by atoms with Gasteiger partial charge in [0.1, 0.15) is 0 Å². The van der Waals surface area contributed by atoms with Crippen LogP contribution in [-0.4, -0.2) is 29.1 Å². The molecule has 1 heterocycles. The second kappa shape index (κ2) is 5.08. The molecule has 8 heteroatoms. The molecule has 5 nitrogen and oxygen atoms in total. The van der Waals surface area contributed by atoms with Crippen LogP contribution in [0.2, 0.25) is 0 Å². The molecule has 2 aromatic rings. The molecule has 0 atom stereocenters. The van der Waals surface area contributed by atoms with Gasteiger partial charge >= 0.3 is 109 Å². The molecule has 0 aliphatic carbocycles. The number of nitrogens with one attached hydrogen (secondary N) is 1. The van der Waals surface area contributed by atoms with Crippen LogP contribution >= 0.6 is 11.3 Å². The maximum atomic E-state index is 11.9. The van der Waals surface area contributed by atoms with Crippen LogP contribution in [0.4, 0.5) is 5.13 Å². The summed E-state index contributed by atoms with van der Waals surface area (Å²) in [5, 5.41) is 2.01. The summed E-state index contributed by atoms with van der Waals surface area (Å²) in [7, 11) is -3.60. The van der Waals surface area contributed by atoms with Gasteiger partial charge in [-0.25, -0.2) is 0 Å². The third-order valence-corrected chi connectivity index (χ3v) is 5.15. The topological polar surface area (TPSA) is 76.1 Å². The standard InChI is InChI=1S/C9H7AsN2O3S2/c13-10-7-1-3-8(4-2-7)17(14,15)12-9-11-5-6-16-9/h1-6H,(H,11,12). The Hall–Kier alpha value is -1.04. The van der Waals surface area contributed by atoms with Gasteiger partial charge in [-0.15, -0.1) is 0 Å². The molecule has 0 bridgehead atoms. The summed E-state index contributed by atoms with van der Waals surface area (Å²) in [6.07, 6.45) is 1.52.